The second-order valence-corrected chi connectivity index (χ2v) is 6.07. The van der Waals surface area contributed by atoms with E-state index < -0.39 is 5.60 Å². The van der Waals surface area contributed by atoms with Gasteiger partial charge in [0.15, 0.2) is 0 Å². The van der Waals surface area contributed by atoms with E-state index in [-0.39, 0.29) is 12.5 Å². The number of rotatable bonds is 6. The summed E-state index contributed by atoms with van der Waals surface area (Å²) in [4.78, 5) is 14.2. The van der Waals surface area contributed by atoms with Crippen LogP contribution < -0.4 is 10.5 Å². The minimum atomic E-state index is -1.04. The average Bonchev–Trinajstić information content (AvgIpc) is 2.77. The number of benzene rings is 1. The first-order chi connectivity index (χ1) is 11.1. The topological polar surface area (TPSA) is 96.0 Å². The summed E-state index contributed by atoms with van der Waals surface area (Å²) in [5.74, 6) is 0.789. The van der Waals surface area contributed by atoms with Crippen molar-refractivity contribution in [2.45, 2.75) is 31.3 Å². The van der Waals surface area contributed by atoms with Gasteiger partial charge < -0.3 is 25.6 Å². The third kappa shape index (κ3) is 5.20. The van der Waals surface area contributed by atoms with Crippen LogP contribution in [-0.2, 0) is 11.2 Å². The van der Waals surface area contributed by atoms with Crippen molar-refractivity contribution >= 4 is 5.91 Å². The molecular formula is C17H26N2O4. The Bertz CT molecular complexity index is 506. The zero-order valence-electron chi connectivity index (χ0n) is 13.4. The minimum absolute atomic E-state index is 0.0443. The summed E-state index contributed by atoms with van der Waals surface area (Å²) in [5.41, 5.74) is 5.27. The van der Waals surface area contributed by atoms with Crippen molar-refractivity contribution < 1.29 is 19.7 Å². The Morgan fingerprint density at radius 1 is 1.26 bits per heavy atom. The monoisotopic (exact) mass is 322 g/mol. The molecule has 1 heterocycles. The van der Waals surface area contributed by atoms with E-state index in [1.807, 2.05) is 24.3 Å². The molecule has 1 amide bonds. The summed E-state index contributed by atoms with van der Waals surface area (Å²) in [6.45, 7) is 1.79. The fourth-order valence-electron chi connectivity index (χ4n) is 2.75. The van der Waals surface area contributed by atoms with Crippen LogP contribution in [0.1, 0.15) is 24.8 Å². The highest BCUT2D eigenvalue weighted by atomic mass is 16.5. The third-order valence-electron chi connectivity index (χ3n) is 4.23. The van der Waals surface area contributed by atoms with Gasteiger partial charge in [0.2, 0.25) is 5.91 Å². The molecule has 0 aromatic heterocycles. The highest BCUT2D eigenvalue weighted by Gasteiger charge is 2.30. The number of likely N-dealkylation sites (tertiary alicyclic amines) is 1. The summed E-state index contributed by atoms with van der Waals surface area (Å²) in [7, 11) is 0. The summed E-state index contributed by atoms with van der Waals surface area (Å²) in [5, 5.41) is 19.4. The zero-order valence-corrected chi connectivity index (χ0v) is 13.4. The molecule has 0 saturated carbocycles. The van der Waals surface area contributed by atoms with Gasteiger partial charge in [-0.1, -0.05) is 12.1 Å². The lowest BCUT2D eigenvalue weighted by Gasteiger charge is -2.24. The molecule has 1 aliphatic heterocycles. The Labute approximate surface area is 136 Å². The molecule has 0 aliphatic carbocycles. The number of carbonyl (C=O) groups is 1. The van der Waals surface area contributed by atoms with Crippen LogP contribution >= 0.6 is 0 Å². The first-order valence-electron chi connectivity index (χ1n) is 8.09. The summed E-state index contributed by atoms with van der Waals surface area (Å²) in [6, 6.07) is 7.44. The highest BCUT2D eigenvalue weighted by Crippen LogP contribution is 2.22. The maximum absolute atomic E-state index is 12.4. The normalized spacial score (nSPS) is 21.8. The van der Waals surface area contributed by atoms with E-state index in [1.165, 1.54) is 0 Å². The number of aliphatic hydroxyl groups is 2. The molecule has 1 aromatic rings. The Morgan fingerprint density at radius 2 is 2.00 bits per heavy atom. The molecule has 128 valence electrons. The quantitative estimate of drug-likeness (QED) is 0.700. The van der Waals surface area contributed by atoms with Crippen LogP contribution in [0.3, 0.4) is 0 Å². The molecule has 2 rings (SSSR count). The van der Waals surface area contributed by atoms with Crippen molar-refractivity contribution in [3.63, 3.8) is 0 Å². The van der Waals surface area contributed by atoms with Crippen molar-refractivity contribution in [3.05, 3.63) is 29.8 Å². The molecular weight excluding hydrogens is 296 g/mol. The van der Waals surface area contributed by atoms with Crippen molar-refractivity contribution in [1.82, 2.24) is 4.90 Å². The number of hydrogen-bond donors (Lipinski definition) is 3. The predicted molar refractivity (Wildman–Crippen MR) is 87.2 cm³/mol. The van der Waals surface area contributed by atoms with E-state index in [1.54, 1.807) is 4.90 Å². The SMILES string of the molecule is NCCOc1ccc(CC(=O)N2CCCC(O)(CO)CC2)cc1. The van der Waals surface area contributed by atoms with Gasteiger partial charge >= 0.3 is 0 Å². The number of hydrogen-bond acceptors (Lipinski definition) is 5. The van der Waals surface area contributed by atoms with Gasteiger partial charge in [0.25, 0.3) is 0 Å². The van der Waals surface area contributed by atoms with Gasteiger partial charge in [-0.25, -0.2) is 0 Å². The highest BCUT2D eigenvalue weighted by molar-refractivity contribution is 5.78. The molecule has 4 N–H and O–H groups in total. The van der Waals surface area contributed by atoms with E-state index in [2.05, 4.69) is 0 Å². The number of carbonyl (C=O) groups excluding carboxylic acids is 1. The molecule has 6 heteroatoms. The van der Waals surface area contributed by atoms with Gasteiger partial charge in [-0.15, -0.1) is 0 Å². The first-order valence-corrected chi connectivity index (χ1v) is 8.09. The molecule has 0 radical (unpaired) electrons. The van der Waals surface area contributed by atoms with Crippen molar-refractivity contribution in [1.29, 1.82) is 0 Å². The second kappa shape index (κ2) is 8.29. The molecule has 1 unspecified atom stereocenters. The summed E-state index contributed by atoms with van der Waals surface area (Å²) in [6.07, 6.45) is 1.98. The van der Waals surface area contributed by atoms with Crippen molar-refractivity contribution in [2.24, 2.45) is 5.73 Å². The van der Waals surface area contributed by atoms with Crippen LogP contribution in [-0.4, -0.2) is 59.5 Å². The van der Waals surface area contributed by atoms with E-state index in [0.29, 0.717) is 51.9 Å². The van der Waals surface area contributed by atoms with E-state index in [0.717, 1.165) is 11.3 Å². The van der Waals surface area contributed by atoms with Crippen LogP contribution in [0.25, 0.3) is 0 Å². The number of nitrogens with zero attached hydrogens (tertiary/aromatic N) is 1. The lowest BCUT2D eigenvalue weighted by Crippen LogP contribution is -2.37. The standard InChI is InChI=1S/C17H26N2O4/c18-8-11-23-15-4-2-14(3-5-15)12-16(21)19-9-1-6-17(22,13-20)7-10-19/h2-5,20,22H,1,6-13,18H2. The average molecular weight is 322 g/mol. The van der Waals surface area contributed by atoms with Gasteiger partial charge in [0, 0.05) is 19.6 Å². The summed E-state index contributed by atoms with van der Waals surface area (Å²) < 4.78 is 5.41. The number of aliphatic hydroxyl groups excluding tert-OH is 1. The van der Waals surface area contributed by atoms with E-state index >= 15 is 0 Å². The van der Waals surface area contributed by atoms with Crippen LogP contribution in [0.15, 0.2) is 24.3 Å². The number of amides is 1. The van der Waals surface area contributed by atoms with Crippen LogP contribution in [0, 0.1) is 0 Å². The molecule has 23 heavy (non-hydrogen) atoms. The fourth-order valence-corrected chi connectivity index (χ4v) is 2.75. The molecule has 6 nitrogen and oxygen atoms in total. The molecule has 1 atom stereocenters. The predicted octanol–water partition coefficient (Wildman–Crippen LogP) is 0.302. The lowest BCUT2D eigenvalue weighted by molar-refractivity contribution is -0.130. The second-order valence-electron chi connectivity index (χ2n) is 6.07. The van der Waals surface area contributed by atoms with Crippen molar-refractivity contribution in [3.8, 4) is 5.75 Å². The molecule has 1 aliphatic rings. The largest absolute Gasteiger partial charge is 0.492 e. The van der Waals surface area contributed by atoms with Crippen LogP contribution in [0.5, 0.6) is 5.75 Å². The van der Waals surface area contributed by atoms with Crippen molar-refractivity contribution in [2.75, 3.05) is 32.8 Å². The van der Waals surface area contributed by atoms with Gasteiger partial charge in [-0.05, 0) is 37.0 Å². The Balaban J connectivity index is 1.88. The fraction of sp³-hybridized carbons (Fsp3) is 0.588. The molecule has 1 fully saturated rings. The zero-order chi connectivity index (χ0) is 16.7. The lowest BCUT2D eigenvalue weighted by atomic mass is 9.96. The molecule has 0 bridgehead atoms. The molecule has 1 aromatic carbocycles. The smallest absolute Gasteiger partial charge is 0.226 e. The van der Waals surface area contributed by atoms with Gasteiger partial charge in [0.05, 0.1) is 18.6 Å². The number of ether oxygens (including phenoxy) is 1. The maximum atomic E-state index is 12.4. The van der Waals surface area contributed by atoms with E-state index in [9.17, 15) is 15.0 Å². The minimum Gasteiger partial charge on any atom is -0.492 e. The van der Waals surface area contributed by atoms with Gasteiger partial charge in [-0.3, -0.25) is 4.79 Å². The van der Waals surface area contributed by atoms with Gasteiger partial charge in [0.1, 0.15) is 12.4 Å². The van der Waals surface area contributed by atoms with Gasteiger partial charge in [-0.2, -0.15) is 0 Å². The molecule has 0 spiro atoms. The Kier molecular flexibility index (Phi) is 6.38. The number of nitrogens with two attached hydrogens (primary N) is 1. The Morgan fingerprint density at radius 3 is 2.65 bits per heavy atom. The Hall–Kier alpha value is -1.63. The maximum Gasteiger partial charge on any atom is 0.226 e. The first kappa shape index (κ1) is 17.7. The van der Waals surface area contributed by atoms with Crippen LogP contribution in [0.4, 0.5) is 0 Å². The summed E-state index contributed by atoms with van der Waals surface area (Å²) >= 11 is 0. The van der Waals surface area contributed by atoms with Crippen LogP contribution in [0.2, 0.25) is 0 Å². The van der Waals surface area contributed by atoms with E-state index in [4.69, 9.17) is 10.5 Å². The third-order valence-corrected chi connectivity index (χ3v) is 4.23. The molecule has 1 saturated heterocycles.